The summed E-state index contributed by atoms with van der Waals surface area (Å²) in [6.45, 7) is 5.79. The van der Waals surface area contributed by atoms with Crippen molar-refractivity contribution in [3.05, 3.63) is 0 Å². The van der Waals surface area contributed by atoms with Gasteiger partial charge in [0.1, 0.15) is 0 Å². The highest BCUT2D eigenvalue weighted by Crippen LogP contribution is 2.00. The van der Waals surface area contributed by atoms with E-state index in [4.69, 9.17) is 11.6 Å². The lowest BCUT2D eigenvalue weighted by atomic mass is 10.1. The molecule has 0 saturated heterocycles. The number of carbonyl (C=O) groups excluding carboxylic acids is 1. The van der Waals surface area contributed by atoms with E-state index in [-0.39, 0.29) is 18.4 Å². The lowest BCUT2D eigenvalue weighted by Crippen LogP contribution is -2.12. The molecule has 0 aromatic rings. The molecule has 5 heteroatoms. The van der Waals surface area contributed by atoms with E-state index in [2.05, 4.69) is 14.7 Å². The van der Waals surface area contributed by atoms with E-state index in [1.165, 1.54) is 0 Å². The Kier molecular flexibility index (Phi) is 6.32. The van der Waals surface area contributed by atoms with Gasteiger partial charge in [-0.25, -0.2) is 4.79 Å². The number of oxime groups is 1. The number of alkyl halides is 1. The summed E-state index contributed by atoms with van der Waals surface area (Å²) in [5.41, 5.74) is 0.620. The maximum absolute atomic E-state index is 10.7. The molecule has 0 bridgehead atoms. The molecule has 0 aromatic heterocycles. The Morgan fingerprint density at radius 3 is 2.54 bits per heavy atom. The quantitative estimate of drug-likeness (QED) is 0.234. The van der Waals surface area contributed by atoms with Crippen molar-refractivity contribution in [2.24, 2.45) is 11.1 Å². The third-order valence-electron chi connectivity index (χ3n) is 1.30. The fourth-order valence-electron chi connectivity index (χ4n) is 0.524. The van der Waals surface area contributed by atoms with Crippen molar-refractivity contribution in [2.45, 2.75) is 20.8 Å². The number of hydrogen-bond acceptors (Lipinski definition) is 4. The lowest BCUT2D eigenvalue weighted by Gasteiger charge is -2.04. The maximum Gasteiger partial charge on any atom is 0.535 e. The van der Waals surface area contributed by atoms with Crippen molar-refractivity contribution >= 4 is 23.5 Å². The normalized spacial score (nSPS) is 11.6. The average molecular weight is 208 g/mol. The van der Waals surface area contributed by atoms with E-state index in [1.807, 2.05) is 13.8 Å². The SMILES string of the molecule is CCOC(=O)O/N=C(/CCl)C(C)C. The Morgan fingerprint density at radius 1 is 1.54 bits per heavy atom. The molecule has 0 heterocycles. The molecule has 4 nitrogen and oxygen atoms in total. The zero-order chi connectivity index (χ0) is 10.3. The van der Waals surface area contributed by atoms with Gasteiger partial charge in [-0.3, -0.25) is 4.84 Å². The molecule has 0 amide bonds. The van der Waals surface area contributed by atoms with Crippen molar-refractivity contribution in [1.82, 2.24) is 0 Å². The fraction of sp³-hybridized carbons (Fsp3) is 0.750. The third kappa shape index (κ3) is 5.47. The van der Waals surface area contributed by atoms with Gasteiger partial charge in [-0.2, -0.15) is 0 Å². The predicted molar refractivity (Wildman–Crippen MR) is 51.1 cm³/mol. The number of hydrogen-bond donors (Lipinski definition) is 0. The fourth-order valence-corrected chi connectivity index (χ4v) is 0.882. The van der Waals surface area contributed by atoms with Crippen molar-refractivity contribution < 1.29 is 14.4 Å². The maximum atomic E-state index is 10.7. The van der Waals surface area contributed by atoms with Crippen LogP contribution in [-0.4, -0.2) is 24.4 Å². The molecule has 0 aliphatic carbocycles. The van der Waals surface area contributed by atoms with Gasteiger partial charge in [-0.1, -0.05) is 19.0 Å². The Labute approximate surface area is 82.8 Å². The van der Waals surface area contributed by atoms with Gasteiger partial charge in [-0.15, -0.1) is 11.6 Å². The van der Waals surface area contributed by atoms with Gasteiger partial charge < -0.3 is 4.74 Å². The van der Waals surface area contributed by atoms with Crippen LogP contribution in [0.2, 0.25) is 0 Å². The van der Waals surface area contributed by atoms with Crippen molar-refractivity contribution in [2.75, 3.05) is 12.5 Å². The number of nitrogens with zero attached hydrogens (tertiary/aromatic N) is 1. The van der Waals surface area contributed by atoms with Crippen molar-refractivity contribution in [1.29, 1.82) is 0 Å². The van der Waals surface area contributed by atoms with Crippen LogP contribution in [0.3, 0.4) is 0 Å². The molecule has 0 unspecified atom stereocenters. The first kappa shape index (κ1) is 12.2. The van der Waals surface area contributed by atoms with Gasteiger partial charge >= 0.3 is 6.16 Å². The molecule has 0 aliphatic rings. The summed E-state index contributed by atoms with van der Waals surface area (Å²) >= 11 is 5.56. The van der Waals surface area contributed by atoms with Gasteiger partial charge in [0.05, 0.1) is 18.2 Å². The molecule has 0 N–H and O–H groups in total. The summed E-state index contributed by atoms with van der Waals surface area (Å²) in [6.07, 6.45) is -0.800. The summed E-state index contributed by atoms with van der Waals surface area (Å²) in [6, 6.07) is 0. The summed E-state index contributed by atoms with van der Waals surface area (Å²) < 4.78 is 4.51. The molecule has 0 fully saturated rings. The minimum absolute atomic E-state index is 0.159. The lowest BCUT2D eigenvalue weighted by molar-refractivity contribution is 0.0609. The topological polar surface area (TPSA) is 47.9 Å². The number of halogens is 1. The third-order valence-corrected chi connectivity index (χ3v) is 1.58. The Balaban J connectivity index is 3.99. The first-order valence-electron chi connectivity index (χ1n) is 4.08. The van der Waals surface area contributed by atoms with Gasteiger partial charge in [0.25, 0.3) is 0 Å². The molecule has 13 heavy (non-hydrogen) atoms. The largest absolute Gasteiger partial charge is 0.535 e. The van der Waals surface area contributed by atoms with Crippen molar-refractivity contribution in [3.8, 4) is 0 Å². The molecule has 0 saturated carbocycles. The molecule has 0 aliphatic heterocycles. The first-order chi connectivity index (χ1) is 6.11. The molecular weight excluding hydrogens is 194 g/mol. The molecule has 0 radical (unpaired) electrons. The van der Waals surface area contributed by atoms with E-state index in [9.17, 15) is 4.79 Å². The Morgan fingerprint density at radius 2 is 2.15 bits per heavy atom. The smallest absolute Gasteiger partial charge is 0.433 e. The van der Waals surface area contributed by atoms with E-state index in [0.717, 1.165) is 0 Å². The van der Waals surface area contributed by atoms with E-state index >= 15 is 0 Å². The Hall–Kier alpha value is -0.770. The first-order valence-corrected chi connectivity index (χ1v) is 4.61. The molecule has 76 valence electrons. The summed E-state index contributed by atoms with van der Waals surface area (Å²) in [5, 5.41) is 3.57. The highest BCUT2D eigenvalue weighted by Gasteiger charge is 2.07. The van der Waals surface area contributed by atoms with Crippen LogP contribution < -0.4 is 0 Å². The summed E-state index contributed by atoms with van der Waals surface area (Å²) in [7, 11) is 0. The van der Waals surface area contributed by atoms with Crippen LogP contribution in [0.1, 0.15) is 20.8 Å². The van der Waals surface area contributed by atoms with Gasteiger partial charge in [0.15, 0.2) is 0 Å². The highest BCUT2D eigenvalue weighted by atomic mass is 35.5. The van der Waals surface area contributed by atoms with Gasteiger partial charge in [-0.05, 0) is 12.8 Å². The molecule has 0 rings (SSSR count). The summed E-state index contributed by atoms with van der Waals surface area (Å²) in [4.78, 5) is 15.1. The number of carbonyl (C=O) groups is 1. The van der Waals surface area contributed by atoms with E-state index in [0.29, 0.717) is 5.71 Å². The molecular formula is C8H14ClNO3. The van der Waals surface area contributed by atoms with Gasteiger partial charge in [0, 0.05) is 0 Å². The minimum Gasteiger partial charge on any atom is -0.433 e. The zero-order valence-electron chi connectivity index (χ0n) is 8.04. The van der Waals surface area contributed by atoms with Gasteiger partial charge in [0.2, 0.25) is 0 Å². The number of ether oxygens (including phenoxy) is 1. The number of rotatable bonds is 4. The molecule has 0 aromatic carbocycles. The second-order valence-corrected chi connectivity index (χ2v) is 2.91. The monoisotopic (exact) mass is 207 g/mol. The van der Waals surface area contributed by atoms with Crippen LogP contribution in [0.15, 0.2) is 5.16 Å². The van der Waals surface area contributed by atoms with Crippen LogP contribution in [0.4, 0.5) is 4.79 Å². The van der Waals surface area contributed by atoms with Crippen LogP contribution in [0.5, 0.6) is 0 Å². The summed E-state index contributed by atoms with van der Waals surface area (Å²) in [5.74, 6) is 0.406. The van der Waals surface area contributed by atoms with Crippen LogP contribution >= 0.6 is 11.6 Å². The van der Waals surface area contributed by atoms with Crippen LogP contribution in [-0.2, 0) is 9.57 Å². The predicted octanol–water partition coefficient (Wildman–Crippen LogP) is 2.41. The highest BCUT2D eigenvalue weighted by molar-refractivity contribution is 6.28. The van der Waals surface area contributed by atoms with E-state index in [1.54, 1.807) is 6.92 Å². The second kappa shape index (κ2) is 6.71. The second-order valence-electron chi connectivity index (χ2n) is 2.65. The van der Waals surface area contributed by atoms with Crippen LogP contribution in [0, 0.1) is 5.92 Å². The molecule has 0 atom stereocenters. The van der Waals surface area contributed by atoms with Crippen molar-refractivity contribution in [3.63, 3.8) is 0 Å². The van der Waals surface area contributed by atoms with E-state index < -0.39 is 6.16 Å². The standard InChI is InChI=1S/C8H14ClNO3/c1-4-12-8(11)13-10-7(5-9)6(2)3/h6H,4-5H2,1-3H3/b10-7-. The minimum atomic E-state index is -0.800. The molecule has 0 spiro atoms. The average Bonchev–Trinajstić information content (AvgIpc) is 2.05. The zero-order valence-corrected chi connectivity index (χ0v) is 8.80. The van der Waals surface area contributed by atoms with Crippen LogP contribution in [0.25, 0.3) is 0 Å². The Bertz CT molecular complexity index is 192.